The SMILES string of the molecule is O=C(O)CS(=O)CC(=O)c1ccc(-c2ccc(F)cc2)cc1. The highest BCUT2D eigenvalue weighted by Gasteiger charge is 2.13. The van der Waals surface area contributed by atoms with E-state index in [1.165, 1.54) is 12.1 Å². The van der Waals surface area contributed by atoms with Crippen LogP contribution in [0.3, 0.4) is 0 Å². The van der Waals surface area contributed by atoms with E-state index in [0.717, 1.165) is 11.1 Å². The fraction of sp³-hybridized carbons (Fsp3) is 0.125. The van der Waals surface area contributed by atoms with E-state index in [-0.39, 0.29) is 17.4 Å². The zero-order valence-corrected chi connectivity index (χ0v) is 12.3. The Hall–Kier alpha value is -2.34. The number of Topliss-reactive ketones (excluding diaryl/α,β-unsaturated/α-hetero) is 1. The summed E-state index contributed by atoms with van der Waals surface area (Å²) in [4.78, 5) is 22.3. The van der Waals surface area contributed by atoms with Gasteiger partial charge in [0.15, 0.2) is 5.78 Å². The summed E-state index contributed by atoms with van der Waals surface area (Å²) in [5.41, 5.74) is 2.00. The predicted octanol–water partition coefficient (Wildman–Crippen LogP) is 2.51. The number of hydrogen-bond donors (Lipinski definition) is 1. The molecule has 0 saturated carbocycles. The number of carboxylic acid groups (broad SMARTS) is 1. The highest BCUT2D eigenvalue weighted by atomic mass is 32.2. The van der Waals surface area contributed by atoms with Gasteiger partial charge in [-0.3, -0.25) is 13.8 Å². The summed E-state index contributed by atoms with van der Waals surface area (Å²) < 4.78 is 24.3. The molecular weight excluding hydrogens is 307 g/mol. The van der Waals surface area contributed by atoms with E-state index in [4.69, 9.17) is 5.11 Å². The Balaban J connectivity index is 2.08. The first-order valence-electron chi connectivity index (χ1n) is 6.41. The second-order valence-electron chi connectivity index (χ2n) is 4.63. The van der Waals surface area contributed by atoms with Crippen molar-refractivity contribution in [2.75, 3.05) is 11.5 Å². The lowest BCUT2D eigenvalue weighted by atomic mass is 10.0. The van der Waals surface area contributed by atoms with E-state index in [1.807, 2.05) is 0 Å². The van der Waals surface area contributed by atoms with Crippen LogP contribution >= 0.6 is 0 Å². The summed E-state index contributed by atoms with van der Waals surface area (Å²) in [6, 6.07) is 12.5. The molecule has 1 atom stereocenters. The normalized spacial score (nSPS) is 11.9. The third kappa shape index (κ3) is 4.33. The topological polar surface area (TPSA) is 71.4 Å². The zero-order chi connectivity index (χ0) is 16.1. The fourth-order valence-corrected chi connectivity index (χ4v) is 2.75. The Morgan fingerprint density at radius 1 is 0.909 bits per heavy atom. The van der Waals surface area contributed by atoms with Crippen LogP contribution in [-0.2, 0) is 15.6 Å². The molecule has 22 heavy (non-hydrogen) atoms. The first kappa shape index (κ1) is 16.0. The van der Waals surface area contributed by atoms with Crippen molar-refractivity contribution in [3.8, 4) is 11.1 Å². The second-order valence-corrected chi connectivity index (χ2v) is 6.09. The Bertz CT molecular complexity index is 708. The number of ketones is 1. The average Bonchev–Trinajstić information content (AvgIpc) is 2.47. The predicted molar refractivity (Wildman–Crippen MR) is 81.7 cm³/mol. The van der Waals surface area contributed by atoms with Crippen LogP contribution in [0.2, 0.25) is 0 Å². The number of carbonyl (C=O) groups is 2. The summed E-state index contributed by atoms with van der Waals surface area (Å²) in [7, 11) is -1.72. The van der Waals surface area contributed by atoms with E-state index in [1.54, 1.807) is 36.4 Å². The van der Waals surface area contributed by atoms with Gasteiger partial charge in [0, 0.05) is 16.4 Å². The van der Waals surface area contributed by atoms with Gasteiger partial charge in [-0.2, -0.15) is 0 Å². The molecule has 0 spiro atoms. The largest absolute Gasteiger partial charge is 0.481 e. The molecule has 6 heteroatoms. The van der Waals surface area contributed by atoms with E-state index in [2.05, 4.69) is 0 Å². The van der Waals surface area contributed by atoms with E-state index in [9.17, 15) is 18.2 Å². The van der Waals surface area contributed by atoms with Crippen molar-refractivity contribution in [2.24, 2.45) is 0 Å². The molecule has 0 aromatic heterocycles. The molecule has 2 aromatic carbocycles. The number of rotatable bonds is 6. The highest BCUT2D eigenvalue weighted by molar-refractivity contribution is 7.86. The summed E-state index contributed by atoms with van der Waals surface area (Å²) in [6.45, 7) is 0. The molecule has 4 nitrogen and oxygen atoms in total. The third-order valence-corrected chi connectivity index (χ3v) is 4.11. The van der Waals surface area contributed by atoms with Gasteiger partial charge in [-0.05, 0) is 23.3 Å². The van der Waals surface area contributed by atoms with Gasteiger partial charge in [0.1, 0.15) is 11.6 Å². The van der Waals surface area contributed by atoms with Gasteiger partial charge in [0.25, 0.3) is 0 Å². The Kier molecular flexibility index (Phi) is 5.16. The Morgan fingerprint density at radius 3 is 1.91 bits per heavy atom. The number of carbonyl (C=O) groups excluding carboxylic acids is 1. The number of hydrogen-bond acceptors (Lipinski definition) is 3. The average molecular weight is 320 g/mol. The fourth-order valence-electron chi connectivity index (χ4n) is 1.91. The van der Waals surface area contributed by atoms with Crippen LogP contribution < -0.4 is 0 Å². The van der Waals surface area contributed by atoms with Crippen LogP contribution in [0.25, 0.3) is 11.1 Å². The van der Waals surface area contributed by atoms with Gasteiger partial charge >= 0.3 is 5.97 Å². The standard InChI is InChI=1S/C16H13FO4S/c17-14-7-5-12(6-8-14)11-1-3-13(4-2-11)15(18)9-22(21)10-16(19)20/h1-8H,9-10H2,(H,19,20). The maximum absolute atomic E-state index is 12.9. The van der Waals surface area contributed by atoms with Gasteiger partial charge in [-0.25, -0.2) is 4.39 Å². The smallest absolute Gasteiger partial charge is 0.316 e. The van der Waals surface area contributed by atoms with Crippen LogP contribution in [0.15, 0.2) is 48.5 Å². The van der Waals surface area contributed by atoms with E-state index >= 15 is 0 Å². The number of aliphatic carboxylic acids is 1. The summed E-state index contributed by atoms with van der Waals surface area (Å²) in [6.07, 6.45) is 0. The van der Waals surface area contributed by atoms with Crippen LogP contribution in [0.5, 0.6) is 0 Å². The summed E-state index contributed by atoms with van der Waals surface area (Å²) >= 11 is 0. The minimum atomic E-state index is -1.72. The van der Waals surface area contributed by atoms with Crippen LogP contribution in [0, 0.1) is 5.82 Å². The van der Waals surface area contributed by atoms with E-state index < -0.39 is 22.5 Å². The summed E-state index contributed by atoms with van der Waals surface area (Å²) in [5, 5.41) is 8.52. The van der Waals surface area contributed by atoms with Crippen molar-refractivity contribution in [3.05, 3.63) is 59.9 Å². The van der Waals surface area contributed by atoms with Crippen LogP contribution in [0.4, 0.5) is 4.39 Å². The molecule has 0 aliphatic rings. The van der Waals surface area contributed by atoms with Crippen molar-refractivity contribution < 1.29 is 23.3 Å². The van der Waals surface area contributed by atoms with Gasteiger partial charge in [0.05, 0.1) is 5.75 Å². The monoisotopic (exact) mass is 320 g/mol. The lowest BCUT2D eigenvalue weighted by Gasteiger charge is -2.04. The number of halogens is 1. The number of benzene rings is 2. The molecule has 114 valence electrons. The molecule has 0 radical (unpaired) electrons. The van der Waals surface area contributed by atoms with Gasteiger partial charge in [0.2, 0.25) is 0 Å². The van der Waals surface area contributed by atoms with Gasteiger partial charge < -0.3 is 5.11 Å². The second kappa shape index (κ2) is 7.09. The molecular formula is C16H13FO4S. The molecule has 0 amide bonds. The van der Waals surface area contributed by atoms with Crippen molar-refractivity contribution in [2.45, 2.75) is 0 Å². The third-order valence-electron chi connectivity index (χ3n) is 2.96. The van der Waals surface area contributed by atoms with Crippen molar-refractivity contribution in [1.82, 2.24) is 0 Å². The molecule has 1 N–H and O–H groups in total. The molecule has 0 aliphatic heterocycles. The van der Waals surface area contributed by atoms with Crippen LogP contribution in [0.1, 0.15) is 10.4 Å². The minimum Gasteiger partial charge on any atom is -0.481 e. The molecule has 0 heterocycles. The van der Waals surface area contributed by atoms with Crippen molar-refractivity contribution >= 4 is 22.6 Å². The molecule has 0 bridgehead atoms. The Labute approximate surface area is 129 Å². The Morgan fingerprint density at radius 2 is 1.41 bits per heavy atom. The molecule has 0 aliphatic carbocycles. The molecule has 0 fully saturated rings. The maximum atomic E-state index is 12.9. The zero-order valence-electron chi connectivity index (χ0n) is 11.5. The lowest BCUT2D eigenvalue weighted by molar-refractivity contribution is -0.133. The first-order chi connectivity index (χ1) is 10.5. The van der Waals surface area contributed by atoms with Gasteiger partial charge in [-0.15, -0.1) is 0 Å². The van der Waals surface area contributed by atoms with Crippen molar-refractivity contribution in [1.29, 1.82) is 0 Å². The van der Waals surface area contributed by atoms with Gasteiger partial charge in [-0.1, -0.05) is 36.4 Å². The van der Waals surface area contributed by atoms with Crippen LogP contribution in [-0.4, -0.2) is 32.6 Å². The summed E-state index contributed by atoms with van der Waals surface area (Å²) in [5.74, 6) is -2.75. The lowest BCUT2D eigenvalue weighted by Crippen LogP contribution is -2.17. The highest BCUT2D eigenvalue weighted by Crippen LogP contribution is 2.20. The first-order valence-corrected chi connectivity index (χ1v) is 7.90. The quantitative estimate of drug-likeness (QED) is 0.830. The molecule has 0 saturated heterocycles. The number of carboxylic acids is 1. The minimum absolute atomic E-state index is 0.317. The van der Waals surface area contributed by atoms with E-state index in [0.29, 0.717) is 5.56 Å². The molecule has 2 rings (SSSR count). The maximum Gasteiger partial charge on any atom is 0.316 e. The molecule has 2 aromatic rings. The molecule has 1 unspecified atom stereocenters. The van der Waals surface area contributed by atoms with Crippen molar-refractivity contribution in [3.63, 3.8) is 0 Å².